The van der Waals surface area contributed by atoms with E-state index in [1.165, 1.54) is 12.1 Å². The number of aliphatic carboxylic acids is 1. The number of aliphatic hydroxyl groups is 1. The van der Waals surface area contributed by atoms with Crippen molar-refractivity contribution in [2.24, 2.45) is 0 Å². The number of carboxylic acids is 1. The molecule has 0 saturated heterocycles. The summed E-state index contributed by atoms with van der Waals surface area (Å²) < 4.78 is 38.9. The lowest BCUT2D eigenvalue weighted by Gasteiger charge is -2.18. The molecule has 0 fully saturated rings. The van der Waals surface area contributed by atoms with Gasteiger partial charge in [0.2, 0.25) is 10.0 Å². The van der Waals surface area contributed by atoms with Crippen LogP contribution in [-0.2, 0) is 20.6 Å². The third-order valence-electron chi connectivity index (χ3n) is 2.44. The second-order valence-electron chi connectivity index (χ2n) is 4.41. The summed E-state index contributed by atoms with van der Waals surface area (Å²) in [4.78, 5) is 10.6. The van der Waals surface area contributed by atoms with E-state index < -0.39 is 39.7 Å². The van der Waals surface area contributed by atoms with Gasteiger partial charge in [0.1, 0.15) is 5.82 Å². The normalized spacial score (nSPS) is 14.8. The molecule has 3 N–H and O–H groups in total. The summed E-state index contributed by atoms with van der Waals surface area (Å²) in [5.74, 6) is -2.67. The predicted octanol–water partition coefficient (Wildman–Crippen LogP) is 0.843. The highest BCUT2D eigenvalue weighted by Crippen LogP contribution is 2.17. The quantitative estimate of drug-likeness (QED) is 0.689. The number of benzene rings is 1. The number of nitrogens with one attached hydrogen (secondary N) is 1. The van der Waals surface area contributed by atoms with Crippen LogP contribution < -0.4 is 4.72 Å². The molecule has 6 nitrogen and oxygen atoms in total. The van der Waals surface area contributed by atoms with E-state index in [0.29, 0.717) is 0 Å². The van der Waals surface area contributed by atoms with E-state index in [-0.39, 0.29) is 10.0 Å². The molecule has 112 valence electrons. The summed E-state index contributed by atoms with van der Waals surface area (Å²) in [6.07, 6.45) is 0. The van der Waals surface area contributed by atoms with E-state index in [1.807, 2.05) is 4.72 Å². The number of halogens is 2. The van der Waals surface area contributed by atoms with Crippen molar-refractivity contribution < 1.29 is 27.8 Å². The summed E-state index contributed by atoms with van der Waals surface area (Å²) in [5.41, 5.74) is -2.01. The maximum Gasteiger partial charge on any atom is 0.336 e. The van der Waals surface area contributed by atoms with Gasteiger partial charge < -0.3 is 10.2 Å². The minimum absolute atomic E-state index is 0.202. The number of hydrogen-bond acceptors (Lipinski definition) is 4. The van der Waals surface area contributed by atoms with Crippen LogP contribution in [0.4, 0.5) is 4.39 Å². The highest BCUT2D eigenvalue weighted by molar-refractivity contribution is 9.10. The highest BCUT2D eigenvalue weighted by Gasteiger charge is 2.31. The predicted molar refractivity (Wildman–Crippen MR) is 73.0 cm³/mol. The monoisotopic (exact) mass is 369 g/mol. The number of sulfonamides is 1. The van der Waals surface area contributed by atoms with E-state index in [9.17, 15) is 22.7 Å². The van der Waals surface area contributed by atoms with Gasteiger partial charge in [0.05, 0.1) is 10.2 Å². The Hall–Kier alpha value is -1.03. The molecule has 20 heavy (non-hydrogen) atoms. The Morgan fingerprint density at radius 3 is 2.60 bits per heavy atom. The van der Waals surface area contributed by atoms with Crippen LogP contribution in [-0.4, -0.2) is 36.7 Å². The van der Waals surface area contributed by atoms with Gasteiger partial charge in [0.15, 0.2) is 5.60 Å². The van der Waals surface area contributed by atoms with Gasteiger partial charge in [-0.05, 0) is 40.5 Å². The van der Waals surface area contributed by atoms with Crippen molar-refractivity contribution in [3.8, 4) is 0 Å². The molecule has 0 heterocycles. The Bertz CT molecular complexity index is 617. The van der Waals surface area contributed by atoms with Crippen molar-refractivity contribution in [1.82, 2.24) is 4.72 Å². The largest absolute Gasteiger partial charge is 0.479 e. The minimum Gasteiger partial charge on any atom is -0.479 e. The van der Waals surface area contributed by atoms with Gasteiger partial charge in [-0.15, -0.1) is 0 Å². The fourth-order valence-corrected chi connectivity index (χ4v) is 2.69. The standard InChI is InChI=1S/C11H13BrFNO5S/c1-11(17,10(15)16)6-14-20(18,19)5-7-2-3-8(12)9(13)4-7/h2-4,14,17H,5-6H2,1H3,(H,15,16). The maximum absolute atomic E-state index is 13.3. The molecule has 1 unspecified atom stereocenters. The van der Waals surface area contributed by atoms with Crippen LogP contribution in [0.3, 0.4) is 0 Å². The first-order valence-electron chi connectivity index (χ1n) is 5.40. The van der Waals surface area contributed by atoms with E-state index in [4.69, 9.17) is 5.11 Å². The first-order valence-corrected chi connectivity index (χ1v) is 7.85. The SMILES string of the molecule is CC(O)(CNS(=O)(=O)Cc1ccc(Br)c(F)c1)C(=O)O. The van der Waals surface area contributed by atoms with Crippen LogP contribution in [0.2, 0.25) is 0 Å². The second-order valence-corrected chi connectivity index (χ2v) is 7.07. The van der Waals surface area contributed by atoms with Crippen molar-refractivity contribution in [2.45, 2.75) is 18.3 Å². The summed E-state index contributed by atoms with van der Waals surface area (Å²) in [6.45, 7) is 0.292. The summed E-state index contributed by atoms with van der Waals surface area (Å²) >= 11 is 2.94. The van der Waals surface area contributed by atoms with Gasteiger partial charge in [0, 0.05) is 6.54 Å². The molecular formula is C11H13BrFNO5S. The average molecular weight is 370 g/mol. The van der Waals surface area contributed by atoms with Gasteiger partial charge in [-0.25, -0.2) is 22.3 Å². The summed E-state index contributed by atoms with van der Waals surface area (Å²) in [6, 6.07) is 3.84. The Labute approximate surface area is 123 Å². The summed E-state index contributed by atoms with van der Waals surface area (Å²) in [7, 11) is -3.89. The first-order chi connectivity index (χ1) is 9.03. The van der Waals surface area contributed by atoms with Crippen LogP contribution in [0.15, 0.2) is 22.7 Å². The van der Waals surface area contributed by atoms with E-state index >= 15 is 0 Å². The van der Waals surface area contributed by atoms with Gasteiger partial charge in [-0.1, -0.05) is 6.07 Å². The van der Waals surface area contributed by atoms with E-state index in [1.54, 1.807) is 0 Å². The van der Waals surface area contributed by atoms with Crippen LogP contribution in [0.25, 0.3) is 0 Å². The van der Waals surface area contributed by atoms with Crippen LogP contribution in [0.1, 0.15) is 12.5 Å². The molecule has 0 radical (unpaired) electrons. The molecule has 0 saturated carbocycles. The van der Waals surface area contributed by atoms with Crippen LogP contribution in [0.5, 0.6) is 0 Å². The molecule has 9 heteroatoms. The van der Waals surface area contributed by atoms with Crippen molar-refractivity contribution in [3.05, 3.63) is 34.1 Å². The lowest BCUT2D eigenvalue weighted by Crippen LogP contribution is -2.46. The van der Waals surface area contributed by atoms with Crippen molar-refractivity contribution in [1.29, 1.82) is 0 Å². The lowest BCUT2D eigenvalue weighted by molar-refractivity contribution is -0.155. The minimum atomic E-state index is -3.89. The molecule has 0 bridgehead atoms. The number of hydrogen-bond donors (Lipinski definition) is 3. The molecule has 0 aliphatic carbocycles. The van der Waals surface area contributed by atoms with Crippen molar-refractivity contribution in [2.75, 3.05) is 6.54 Å². The molecule has 0 aromatic heterocycles. The van der Waals surface area contributed by atoms with E-state index in [0.717, 1.165) is 13.0 Å². The first kappa shape index (κ1) is 17.0. The smallest absolute Gasteiger partial charge is 0.336 e. The van der Waals surface area contributed by atoms with Gasteiger partial charge in [-0.2, -0.15) is 0 Å². The van der Waals surface area contributed by atoms with Gasteiger partial charge in [-0.3, -0.25) is 0 Å². The van der Waals surface area contributed by atoms with E-state index in [2.05, 4.69) is 15.9 Å². The van der Waals surface area contributed by atoms with Gasteiger partial charge >= 0.3 is 5.97 Å². The number of rotatable bonds is 6. The zero-order chi connectivity index (χ0) is 15.6. The van der Waals surface area contributed by atoms with Crippen molar-refractivity contribution >= 4 is 31.9 Å². The molecular weight excluding hydrogens is 357 g/mol. The zero-order valence-corrected chi connectivity index (χ0v) is 12.8. The molecule has 0 aliphatic heterocycles. The topological polar surface area (TPSA) is 104 Å². The Kier molecular flexibility index (Phi) is 5.25. The van der Waals surface area contributed by atoms with Crippen molar-refractivity contribution in [3.63, 3.8) is 0 Å². The Balaban J connectivity index is 2.75. The summed E-state index contributed by atoms with van der Waals surface area (Å²) in [5, 5.41) is 18.1. The van der Waals surface area contributed by atoms with Crippen LogP contribution >= 0.6 is 15.9 Å². The fraction of sp³-hybridized carbons (Fsp3) is 0.364. The maximum atomic E-state index is 13.3. The van der Waals surface area contributed by atoms with Crippen LogP contribution in [0, 0.1) is 5.82 Å². The zero-order valence-electron chi connectivity index (χ0n) is 10.4. The van der Waals surface area contributed by atoms with Gasteiger partial charge in [0.25, 0.3) is 0 Å². The molecule has 0 aliphatic rings. The molecule has 0 amide bonds. The molecule has 1 rings (SSSR count). The third kappa shape index (κ3) is 4.82. The fourth-order valence-electron chi connectivity index (χ4n) is 1.23. The molecule has 1 aromatic carbocycles. The molecule has 1 aromatic rings. The highest BCUT2D eigenvalue weighted by atomic mass is 79.9. The number of carboxylic acid groups (broad SMARTS) is 1. The third-order valence-corrected chi connectivity index (χ3v) is 4.38. The Morgan fingerprint density at radius 1 is 1.50 bits per heavy atom. The lowest BCUT2D eigenvalue weighted by atomic mass is 10.1. The molecule has 1 atom stereocenters. The average Bonchev–Trinajstić information content (AvgIpc) is 2.31. The molecule has 0 spiro atoms. The second kappa shape index (κ2) is 6.17. The Morgan fingerprint density at radius 2 is 2.10 bits per heavy atom. The number of carbonyl (C=O) groups is 1.